The Morgan fingerprint density at radius 3 is 3.00 bits per heavy atom. The number of benzene rings is 1. The van der Waals surface area contributed by atoms with Gasteiger partial charge in [0, 0.05) is 22.9 Å². The molecule has 1 saturated heterocycles. The summed E-state index contributed by atoms with van der Waals surface area (Å²) in [7, 11) is 0. The Bertz CT molecular complexity index is 494. The minimum Gasteiger partial charge on any atom is -0.493 e. The summed E-state index contributed by atoms with van der Waals surface area (Å²) >= 11 is 3.48. The first kappa shape index (κ1) is 13.1. The van der Waals surface area contributed by atoms with E-state index in [2.05, 4.69) is 22.0 Å². The lowest BCUT2D eigenvalue weighted by atomic mass is 10.0. The van der Waals surface area contributed by atoms with E-state index >= 15 is 0 Å². The maximum Gasteiger partial charge on any atom is 0.168 e. The van der Waals surface area contributed by atoms with Crippen molar-refractivity contribution in [2.75, 3.05) is 26.4 Å². The van der Waals surface area contributed by atoms with Crippen LogP contribution in [0.1, 0.15) is 11.1 Å². The van der Waals surface area contributed by atoms with Gasteiger partial charge in [0.2, 0.25) is 0 Å². The van der Waals surface area contributed by atoms with Gasteiger partial charge in [0.25, 0.3) is 0 Å². The van der Waals surface area contributed by atoms with Crippen LogP contribution in [-0.4, -0.2) is 38.3 Å². The summed E-state index contributed by atoms with van der Waals surface area (Å²) in [5, 5.41) is 0. The van der Waals surface area contributed by atoms with Gasteiger partial charge >= 0.3 is 0 Å². The van der Waals surface area contributed by atoms with Gasteiger partial charge in [-0.05, 0) is 17.7 Å². The number of fused-ring (bicyclic) bond motifs is 1. The second kappa shape index (κ2) is 5.61. The normalized spacial score (nSPS) is 21.8. The summed E-state index contributed by atoms with van der Waals surface area (Å²) in [6, 6.07) is 4.00. The van der Waals surface area contributed by atoms with Gasteiger partial charge in [0.05, 0.1) is 26.4 Å². The smallest absolute Gasteiger partial charge is 0.168 e. The van der Waals surface area contributed by atoms with Gasteiger partial charge in [-0.3, -0.25) is 4.79 Å². The molecular formula is C14H15BrO4. The molecule has 0 aliphatic carbocycles. The Balaban J connectivity index is 1.77. The van der Waals surface area contributed by atoms with Crippen LogP contribution in [0.25, 0.3) is 0 Å². The first-order chi connectivity index (χ1) is 9.24. The molecule has 1 fully saturated rings. The van der Waals surface area contributed by atoms with Crippen molar-refractivity contribution in [3.63, 3.8) is 0 Å². The lowest BCUT2D eigenvalue weighted by Crippen LogP contribution is -2.36. The first-order valence-electron chi connectivity index (χ1n) is 6.40. The molecule has 4 nitrogen and oxygen atoms in total. The minimum absolute atomic E-state index is 0.0514. The molecule has 2 aliphatic rings. The second-order valence-corrected chi connectivity index (χ2v) is 5.64. The molecule has 1 unspecified atom stereocenters. The molecule has 0 spiro atoms. The van der Waals surface area contributed by atoms with Crippen LogP contribution in [0, 0.1) is 0 Å². The number of Topliss-reactive ketones (excluding diaryl/α,β-unsaturated/α-hetero) is 1. The SMILES string of the molecule is O=C(Cc1cc(Br)cc2c1OCC2)C1COCCO1. The predicted molar refractivity (Wildman–Crippen MR) is 72.6 cm³/mol. The fraction of sp³-hybridized carbons (Fsp3) is 0.500. The van der Waals surface area contributed by atoms with Crippen molar-refractivity contribution in [2.45, 2.75) is 18.9 Å². The average Bonchev–Trinajstić information content (AvgIpc) is 2.88. The Kier molecular flexibility index (Phi) is 3.86. The van der Waals surface area contributed by atoms with E-state index in [1.165, 1.54) is 0 Å². The van der Waals surface area contributed by atoms with Crippen molar-refractivity contribution >= 4 is 21.7 Å². The number of ether oxygens (including phenoxy) is 3. The maximum absolute atomic E-state index is 12.2. The molecule has 0 saturated carbocycles. The molecule has 2 heterocycles. The largest absolute Gasteiger partial charge is 0.493 e. The Morgan fingerprint density at radius 2 is 2.21 bits per heavy atom. The Hall–Kier alpha value is -0.910. The first-order valence-corrected chi connectivity index (χ1v) is 7.19. The van der Waals surface area contributed by atoms with Crippen LogP contribution in [0.15, 0.2) is 16.6 Å². The van der Waals surface area contributed by atoms with Crippen molar-refractivity contribution in [3.8, 4) is 5.75 Å². The number of hydrogen-bond acceptors (Lipinski definition) is 4. The summed E-state index contributed by atoms with van der Waals surface area (Å²) in [4.78, 5) is 12.2. The number of ketones is 1. The molecule has 102 valence electrons. The van der Waals surface area contributed by atoms with E-state index in [1.807, 2.05) is 6.07 Å². The highest BCUT2D eigenvalue weighted by molar-refractivity contribution is 9.10. The third-order valence-electron chi connectivity index (χ3n) is 3.37. The van der Waals surface area contributed by atoms with Gasteiger partial charge in [0.15, 0.2) is 5.78 Å². The zero-order valence-corrected chi connectivity index (χ0v) is 12.1. The van der Waals surface area contributed by atoms with Crippen molar-refractivity contribution in [2.24, 2.45) is 0 Å². The molecule has 2 aliphatic heterocycles. The van der Waals surface area contributed by atoms with E-state index in [-0.39, 0.29) is 5.78 Å². The van der Waals surface area contributed by atoms with Crippen molar-refractivity contribution in [1.29, 1.82) is 0 Å². The van der Waals surface area contributed by atoms with Gasteiger partial charge in [-0.15, -0.1) is 0 Å². The van der Waals surface area contributed by atoms with Crippen molar-refractivity contribution in [3.05, 3.63) is 27.7 Å². The van der Waals surface area contributed by atoms with Gasteiger partial charge in [-0.25, -0.2) is 0 Å². The average molecular weight is 327 g/mol. The molecule has 3 rings (SSSR count). The van der Waals surface area contributed by atoms with Crippen LogP contribution in [0.3, 0.4) is 0 Å². The van der Waals surface area contributed by atoms with Crippen LogP contribution in [0.4, 0.5) is 0 Å². The van der Waals surface area contributed by atoms with E-state index in [0.717, 1.165) is 27.8 Å². The van der Waals surface area contributed by atoms with Crippen molar-refractivity contribution < 1.29 is 19.0 Å². The summed E-state index contributed by atoms with van der Waals surface area (Å²) in [5.74, 6) is 0.920. The lowest BCUT2D eigenvalue weighted by Gasteiger charge is -2.22. The Morgan fingerprint density at radius 1 is 1.32 bits per heavy atom. The Labute approximate surface area is 120 Å². The van der Waals surface area contributed by atoms with Gasteiger partial charge < -0.3 is 14.2 Å². The summed E-state index contributed by atoms with van der Waals surface area (Å²) in [5.41, 5.74) is 2.10. The van der Waals surface area contributed by atoms with Crippen LogP contribution in [0.5, 0.6) is 5.75 Å². The molecule has 0 radical (unpaired) electrons. The zero-order valence-electron chi connectivity index (χ0n) is 10.5. The number of halogens is 1. The maximum atomic E-state index is 12.2. The molecule has 0 aromatic heterocycles. The fourth-order valence-corrected chi connectivity index (χ4v) is 3.01. The molecule has 0 amide bonds. The molecule has 1 aromatic rings. The van der Waals surface area contributed by atoms with Gasteiger partial charge in [-0.1, -0.05) is 15.9 Å². The van der Waals surface area contributed by atoms with E-state index in [9.17, 15) is 4.79 Å². The number of carbonyl (C=O) groups is 1. The number of rotatable bonds is 3. The molecule has 5 heteroatoms. The molecule has 0 bridgehead atoms. The van der Waals surface area contributed by atoms with Gasteiger partial charge in [0.1, 0.15) is 11.9 Å². The lowest BCUT2D eigenvalue weighted by molar-refractivity contribution is -0.144. The van der Waals surface area contributed by atoms with Crippen molar-refractivity contribution in [1.82, 2.24) is 0 Å². The van der Waals surface area contributed by atoms with Crippen LogP contribution in [-0.2, 0) is 27.1 Å². The zero-order chi connectivity index (χ0) is 13.2. The van der Waals surface area contributed by atoms with Crippen LogP contribution in [0.2, 0.25) is 0 Å². The van der Waals surface area contributed by atoms with E-state index in [0.29, 0.717) is 32.8 Å². The number of hydrogen-bond donors (Lipinski definition) is 0. The second-order valence-electron chi connectivity index (χ2n) is 4.73. The highest BCUT2D eigenvalue weighted by atomic mass is 79.9. The molecule has 1 aromatic carbocycles. The summed E-state index contributed by atoms with van der Waals surface area (Å²) in [6.45, 7) is 2.11. The quantitative estimate of drug-likeness (QED) is 0.851. The van der Waals surface area contributed by atoms with Crippen LogP contribution >= 0.6 is 15.9 Å². The molecule has 1 atom stereocenters. The van der Waals surface area contributed by atoms with Gasteiger partial charge in [-0.2, -0.15) is 0 Å². The van der Waals surface area contributed by atoms with E-state index in [4.69, 9.17) is 14.2 Å². The molecular weight excluding hydrogens is 312 g/mol. The predicted octanol–water partition coefficient (Wildman–Crippen LogP) is 1.91. The van der Waals surface area contributed by atoms with E-state index in [1.54, 1.807) is 0 Å². The highest BCUT2D eigenvalue weighted by Crippen LogP contribution is 2.33. The van der Waals surface area contributed by atoms with Crippen LogP contribution < -0.4 is 4.74 Å². The number of carbonyl (C=O) groups excluding carboxylic acids is 1. The molecule has 0 N–H and O–H groups in total. The molecule has 19 heavy (non-hydrogen) atoms. The highest BCUT2D eigenvalue weighted by Gasteiger charge is 2.25. The monoisotopic (exact) mass is 326 g/mol. The summed E-state index contributed by atoms with van der Waals surface area (Å²) < 4.78 is 17.3. The fourth-order valence-electron chi connectivity index (χ4n) is 2.45. The topological polar surface area (TPSA) is 44.8 Å². The summed E-state index contributed by atoms with van der Waals surface area (Å²) in [6.07, 6.45) is 0.791. The minimum atomic E-state index is -0.440. The standard InChI is InChI=1S/C14H15BrO4/c15-11-5-9-1-2-19-14(9)10(6-11)7-12(16)13-8-17-3-4-18-13/h5-6,13H,1-4,7-8H2. The van der Waals surface area contributed by atoms with E-state index < -0.39 is 6.10 Å². The third-order valence-corrected chi connectivity index (χ3v) is 3.82. The third kappa shape index (κ3) is 2.83.